The summed E-state index contributed by atoms with van der Waals surface area (Å²) < 4.78 is 4.66. The Bertz CT molecular complexity index is 5480. The summed E-state index contributed by atoms with van der Waals surface area (Å²) in [6, 6.07) is 112. The second-order valence-electron chi connectivity index (χ2n) is 24.5. The van der Waals surface area contributed by atoms with Crippen molar-refractivity contribution in [3.63, 3.8) is 0 Å². The van der Waals surface area contributed by atoms with Crippen molar-refractivity contribution in [3.05, 3.63) is 349 Å². The van der Waals surface area contributed by atoms with Crippen LogP contribution in [0.15, 0.2) is 315 Å². The highest BCUT2D eigenvalue weighted by Crippen LogP contribution is 2.57. The molecule has 0 saturated heterocycles. The van der Waals surface area contributed by atoms with Gasteiger partial charge in [0.05, 0.1) is 22.1 Å². The quantitative estimate of drug-likeness (QED) is 0.136. The van der Waals surface area contributed by atoms with Crippen molar-refractivity contribution in [3.8, 4) is 102 Å². The molecule has 438 valence electrons. The summed E-state index contributed by atoms with van der Waals surface area (Å²) in [4.78, 5) is 31.4. The minimum absolute atomic E-state index is 0.0886. The molecule has 0 amide bonds. The summed E-state index contributed by atoms with van der Waals surface area (Å²) in [5.41, 5.74) is 25.0. The molecular formula is C86H54N8. The van der Waals surface area contributed by atoms with Crippen LogP contribution in [0.5, 0.6) is 0 Å². The third-order valence-electron chi connectivity index (χ3n) is 19.2. The first kappa shape index (κ1) is 53.3. The fourth-order valence-electron chi connectivity index (χ4n) is 15.0. The van der Waals surface area contributed by atoms with Gasteiger partial charge >= 0.3 is 0 Å². The molecule has 8 nitrogen and oxygen atoms in total. The fraction of sp³-hybridized carbons (Fsp3) is 0.0233. The Hall–Kier alpha value is -12.5. The lowest BCUT2D eigenvalue weighted by Crippen LogP contribution is -2.27. The van der Waals surface area contributed by atoms with E-state index in [2.05, 4.69) is 288 Å². The fourth-order valence-corrected chi connectivity index (χ4v) is 15.0. The van der Waals surface area contributed by atoms with Gasteiger partial charge in [0.2, 0.25) is 0 Å². The molecule has 13 aromatic carbocycles. The van der Waals surface area contributed by atoms with Gasteiger partial charge in [-0.2, -0.15) is 0 Å². The first-order valence-electron chi connectivity index (χ1n) is 32.0. The van der Waals surface area contributed by atoms with Gasteiger partial charge in [-0.05, 0) is 116 Å². The molecular weight excluding hydrogens is 1150 g/mol. The Balaban J connectivity index is 0.653. The van der Waals surface area contributed by atoms with Crippen molar-refractivity contribution in [1.82, 2.24) is 39.0 Å². The summed E-state index contributed by atoms with van der Waals surface area (Å²) in [5, 5.41) is 4.49. The zero-order valence-electron chi connectivity index (χ0n) is 50.8. The van der Waals surface area contributed by atoms with E-state index in [0.29, 0.717) is 34.9 Å². The molecule has 0 aliphatic heterocycles. The highest BCUT2D eigenvalue weighted by atomic mass is 15.1. The van der Waals surface area contributed by atoms with Gasteiger partial charge in [-0.1, -0.05) is 255 Å². The topological polar surface area (TPSA) is 87.2 Å². The average molecular weight is 1200 g/mol. The molecule has 20 rings (SSSR count). The summed E-state index contributed by atoms with van der Waals surface area (Å²) >= 11 is 0. The molecule has 4 aromatic heterocycles. The number of para-hydroxylation sites is 4. The number of hydrogen-bond donors (Lipinski definition) is 0. The van der Waals surface area contributed by atoms with Crippen molar-refractivity contribution < 1.29 is 0 Å². The van der Waals surface area contributed by atoms with Crippen LogP contribution in [0.25, 0.3) is 146 Å². The van der Waals surface area contributed by atoms with E-state index in [1.54, 1.807) is 0 Å². The largest absolute Gasteiger partial charge is 0.309 e. The van der Waals surface area contributed by atoms with Crippen LogP contribution < -0.4 is 0 Å². The lowest BCUT2D eigenvalue weighted by Gasteiger charge is -2.42. The van der Waals surface area contributed by atoms with Crippen molar-refractivity contribution in [2.24, 2.45) is 0 Å². The van der Waals surface area contributed by atoms with Crippen LogP contribution in [-0.2, 0) is 0 Å². The lowest BCUT2D eigenvalue weighted by molar-refractivity contribution is 0.755. The van der Waals surface area contributed by atoms with Crippen LogP contribution in [-0.4, -0.2) is 39.0 Å². The first-order chi connectivity index (χ1) is 46.6. The highest BCUT2D eigenvalue weighted by Gasteiger charge is 2.41. The summed E-state index contributed by atoms with van der Waals surface area (Å²) in [5.74, 6) is 3.93. The van der Waals surface area contributed by atoms with E-state index in [0.717, 1.165) is 99.5 Å². The smallest absolute Gasteiger partial charge is 0.164 e. The van der Waals surface area contributed by atoms with Crippen molar-refractivity contribution in [2.45, 2.75) is 11.8 Å². The van der Waals surface area contributed by atoms with Crippen LogP contribution in [0.4, 0.5) is 0 Å². The summed E-state index contributed by atoms with van der Waals surface area (Å²) in [6.45, 7) is 0. The molecule has 2 atom stereocenters. The summed E-state index contributed by atoms with van der Waals surface area (Å²) in [6.07, 6.45) is 0. The van der Waals surface area contributed by atoms with E-state index < -0.39 is 0 Å². The maximum absolute atomic E-state index is 5.32. The first-order valence-corrected chi connectivity index (χ1v) is 32.0. The van der Waals surface area contributed by atoms with Crippen LogP contribution in [0.3, 0.4) is 0 Å². The lowest BCUT2D eigenvalue weighted by atomic mass is 9.60. The molecule has 0 fully saturated rings. The van der Waals surface area contributed by atoms with E-state index >= 15 is 0 Å². The molecule has 94 heavy (non-hydrogen) atoms. The van der Waals surface area contributed by atoms with Gasteiger partial charge in [0.15, 0.2) is 34.9 Å². The maximum atomic E-state index is 5.32. The highest BCUT2D eigenvalue weighted by molar-refractivity contribution is 6.16. The molecule has 8 heteroatoms. The third-order valence-corrected chi connectivity index (χ3v) is 19.2. The Kier molecular flexibility index (Phi) is 12.2. The van der Waals surface area contributed by atoms with Gasteiger partial charge in [-0.3, -0.25) is 0 Å². The number of benzene rings is 13. The molecule has 4 heterocycles. The molecule has 2 unspecified atom stereocenters. The molecule has 2 bridgehead atoms. The van der Waals surface area contributed by atoms with Crippen LogP contribution in [0.2, 0.25) is 0 Å². The van der Waals surface area contributed by atoms with Crippen LogP contribution in [0.1, 0.15) is 45.2 Å². The molecule has 17 aromatic rings. The monoisotopic (exact) mass is 1200 g/mol. The number of rotatable bonds is 10. The molecule has 3 aliphatic carbocycles. The van der Waals surface area contributed by atoms with Gasteiger partial charge in [0, 0.05) is 78.1 Å². The van der Waals surface area contributed by atoms with Crippen molar-refractivity contribution >= 4 is 43.6 Å². The normalized spacial score (nSPS) is 13.7. The Labute approximate surface area is 542 Å². The van der Waals surface area contributed by atoms with Gasteiger partial charge in [-0.15, -0.1) is 0 Å². The Morgan fingerprint density at radius 1 is 0.202 bits per heavy atom. The maximum Gasteiger partial charge on any atom is 0.164 e. The van der Waals surface area contributed by atoms with Crippen LogP contribution in [0, 0.1) is 0 Å². The zero-order valence-corrected chi connectivity index (χ0v) is 50.8. The zero-order chi connectivity index (χ0) is 61.8. The van der Waals surface area contributed by atoms with E-state index in [-0.39, 0.29) is 11.8 Å². The second-order valence-corrected chi connectivity index (χ2v) is 24.5. The van der Waals surface area contributed by atoms with Crippen molar-refractivity contribution in [2.75, 3.05) is 0 Å². The molecule has 0 N–H and O–H groups in total. The average Bonchev–Trinajstić information content (AvgIpc) is 0.993. The Morgan fingerprint density at radius 3 is 0.904 bits per heavy atom. The van der Waals surface area contributed by atoms with Crippen molar-refractivity contribution in [1.29, 1.82) is 0 Å². The number of fused-ring (bicyclic) bond motifs is 6. The number of hydrogen-bond acceptors (Lipinski definition) is 6. The number of aromatic nitrogens is 8. The third kappa shape index (κ3) is 8.61. The molecule has 0 saturated carbocycles. The minimum atomic E-state index is 0.0886. The van der Waals surface area contributed by atoms with Gasteiger partial charge < -0.3 is 9.13 Å². The van der Waals surface area contributed by atoms with Gasteiger partial charge in [0.1, 0.15) is 0 Å². The van der Waals surface area contributed by atoms with Gasteiger partial charge in [-0.25, -0.2) is 29.9 Å². The predicted molar refractivity (Wildman–Crippen MR) is 380 cm³/mol. The van der Waals surface area contributed by atoms with E-state index in [1.165, 1.54) is 44.5 Å². The minimum Gasteiger partial charge on any atom is -0.309 e. The molecule has 0 radical (unpaired) electrons. The van der Waals surface area contributed by atoms with E-state index in [1.807, 2.05) is 36.4 Å². The Morgan fingerprint density at radius 2 is 0.500 bits per heavy atom. The number of nitrogens with zero attached hydrogens (tertiary/aromatic N) is 8. The predicted octanol–water partition coefficient (Wildman–Crippen LogP) is 20.6. The summed E-state index contributed by atoms with van der Waals surface area (Å²) in [7, 11) is 0. The SMILES string of the molecule is c1ccc(-c2nc(-c3ccc(-c4ccc5c(c4)C4c6ccccc6C5c5cc(-c6ccc(-c7nc(-c8ccccc8)nc(-c8cccc9c8c8ccccc8n9-c8ccccc8)n7)cc6)ccc54)cc3)nc(-c3cccc4c3c3ccccc3n4-c3ccccc3)n2)cc1. The molecule has 0 spiro atoms. The standard InChI is InChI=1S/C86H54N8/c1-5-21-55(22-6-1)81-87-83(91-85(89-81)69-33-19-37-75-79(69)67-31-15-17-35-73(67)93(75)61-25-9-3-10-26-61)57-43-39-53(40-44-57)59-47-49-65-71(51-59)77-63-29-13-14-30-64(63)78(65)72-52-60(48-50-66(72)77)54-41-45-58(46-42-54)84-88-82(56-23-7-2-8-24-56)90-86(92-84)70-34-20-38-76-80(70)68-32-16-18-36-74(68)94(76)62-27-11-4-12-28-62/h1-52,77-78H. The van der Waals surface area contributed by atoms with Gasteiger partial charge in [0.25, 0.3) is 0 Å². The van der Waals surface area contributed by atoms with E-state index in [4.69, 9.17) is 29.9 Å². The molecule has 3 aliphatic rings. The van der Waals surface area contributed by atoms with Crippen LogP contribution >= 0.6 is 0 Å². The second kappa shape index (κ2) is 21.6. The van der Waals surface area contributed by atoms with E-state index in [9.17, 15) is 0 Å².